The van der Waals surface area contributed by atoms with Crippen LogP contribution in [0.5, 0.6) is 5.75 Å². The number of methoxy groups -OCH3 is 1. The molecular weight excluding hydrogens is 256 g/mol. The Balaban J connectivity index is 2.34. The predicted molar refractivity (Wildman–Crippen MR) is 80.1 cm³/mol. The van der Waals surface area contributed by atoms with Crippen LogP contribution in [-0.4, -0.2) is 32.3 Å². The molecule has 1 aromatic carbocycles. The summed E-state index contributed by atoms with van der Waals surface area (Å²) in [5, 5.41) is 2.86. The van der Waals surface area contributed by atoms with E-state index in [1.807, 2.05) is 13.8 Å². The number of hydrogen-bond donors (Lipinski definition) is 2. The Morgan fingerprint density at radius 1 is 1.30 bits per heavy atom. The van der Waals surface area contributed by atoms with Gasteiger partial charge < -0.3 is 20.5 Å². The summed E-state index contributed by atoms with van der Waals surface area (Å²) >= 11 is 0. The summed E-state index contributed by atoms with van der Waals surface area (Å²) in [7, 11) is 1.55. The van der Waals surface area contributed by atoms with E-state index < -0.39 is 0 Å². The standard InChI is InChI=1S/C15H24N2O3/c1-11(2)20-7-5-4-6-17-15(18)12-8-13(16)10-14(9-12)19-3/h8-11H,4-7,16H2,1-3H3,(H,17,18). The molecular formula is C15H24N2O3. The van der Waals surface area contributed by atoms with Crippen LogP contribution in [0, 0.1) is 0 Å². The minimum atomic E-state index is -0.139. The smallest absolute Gasteiger partial charge is 0.251 e. The first kappa shape index (κ1) is 16.3. The van der Waals surface area contributed by atoms with Gasteiger partial charge >= 0.3 is 0 Å². The molecule has 0 heterocycles. The molecule has 5 nitrogen and oxygen atoms in total. The lowest BCUT2D eigenvalue weighted by molar-refractivity contribution is 0.0754. The minimum absolute atomic E-state index is 0.139. The monoisotopic (exact) mass is 280 g/mol. The Morgan fingerprint density at radius 3 is 2.70 bits per heavy atom. The zero-order valence-electron chi connectivity index (χ0n) is 12.4. The van der Waals surface area contributed by atoms with Gasteiger partial charge in [-0.1, -0.05) is 0 Å². The maximum Gasteiger partial charge on any atom is 0.251 e. The minimum Gasteiger partial charge on any atom is -0.497 e. The van der Waals surface area contributed by atoms with Crippen molar-refractivity contribution in [3.63, 3.8) is 0 Å². The number of nitrogens with two attached hydrogens (primary N) is 1. The number of ether oxygens (including phenoxy) is 2. The molecule has 5 heteroatoms. The van der Waals surface area contributed by atoms with Crippen LogP contribution in [-0.2, 0) is 4.74 Å². The Labute approximate surface area is 120 Å². The fourth-order valence-electron chi connectivity index (χ4n) is 1.72. The van der Waals surface area contributed by atoms with Gasteiger partial charge in [-0.25, -0.2) is 0 Å². The van der Waals surface area contributed by atoms with Crippen LogP contribution in [0.25, 0.3) is 0 Å². The second kappa shape index (κ2) is 8.43. The maximum atomic E-state index is 12.0. The van der Waals surface area contributed by atoms with Crippen LogP contribution in [0.15, 0.2) is 18.2 Å². The third-order valence-corrected chi connectivity index (χ3v) is 2.73. The zero-order valence-corrected chi connectivity index (χ0v) is 12.4. The number of benzene rings is 1. The first-order valence-corrected chi connectivity index (χ1v) is 6.87. The van der Waals surface area contributed by atoms with Crippen molar-refractivity contribution in [2.75, 3.05) is 26.0 Å². The molecule has 0 saturated heterocycles. The highest BCUT2D eigenvalue weighted by molar-refractivity contribution is 5.95. The Bertz CT molecular complexity index is 433. The van der Waals surface area contributed by atoms with E-state index >= 15 is 0 Å². The van der Waals surface area contributed by atoms with Crippen molar-refractivity contribution in [2.45, 2.75) is 32.8 Å². The van der Waals surface area contributed by atoms with Gasteiger partial charge in [-0.05, 0) is 38.8 Å². The molecule has 0 atom stereocenters. The summed E-state index contributed by atoms with van der Waals surface area (Å²) in [6.45, 7) is 5.36. The normalized spacial score (nSPS) is 10.6. The van der Waals surface area contributed by atoms with Crippen LogP contribution < -0.4 is 15.8 Å². The van der Waals surface area contributed by atoms with E-state index in [9.17, 15) is 4.79 Å². The van der Waals surface area contributed by atoms with Crippen LogP contribution in [0.3, 0.4) is 0 Å². The quantitative estimate of drug-likeness (QED) is 0.565. The highest BCUT2D eigenvalue weighted by Crippen LogP contribution is 2.18. The molecule has 0 unspecified atom stereocenters. The maximum absolute atomic E-state index is 12.0. The largest absolute Gasteiger partial charge is 0.497 e. The molecule has 0 radical (unpaired) electrons. The molecule has 0 fully saturated rings. The lowest BCUT2D eigenvalue weighted by Crippen LogP contribution is -2.24. The Kier molecular flexibility index (Phi) is 6.87. The highest BCUT2D eigenvalue weighted by atomic mass is 16.5. The number of carbonyl (C=O) groups is 1. The first-order chi connectivity index (χ1) is 9.52. The first-order valence-electron chi connectivity index (χ1n) is 6.87. The van der Waals surface area contributed by atoms with Gasteiger partial charge in [0.2, 0.25) is 0 Å². The van der Waals surface area contributed by atoms with Crippen molar-refractivity contribution >= 4 is 11.6 Å². The van der Waals surface area contributed by atoms with E-state index in [1.54, 1.807) is 25.3 Å². The van der Waals surface area contributed by atoms with Crippen LogP contribution in [0.2, 0.25) is 0 Å². The van der Waals surface area contributed by atoms with Gasteiger partial charge in [-0.2, -0.15) is 0 Å². The third-order valence-electron chi connectivity index (χ3n) is 2.73. The molecule has 3 N–H and O–H groups in total. The number of nitrogens with one attached hydrogen (secondary N) is 1. The lowest BCUT2D eigenvalue weighted by atomic mass is 10.1. The average Bonchev–Trinajstić information content (AvgIpc) is 2.41. The highest BCUT2D eigenvalue weighted by Gasteiger charge is 2.07. The van der Waals surface area contributed by atoms with Gasteiger partial charge in [0.05, 0.1) is 13.2 Å². The van der Waals surface area contributed by atoms with Gasteiger partial charge in [-0.15, -0.1) is 0 Å². The zero-order chi connectivity index (χ0) is 15.0. The predicted octanol–water partition coefficient (Wildman–Crippen LogP) is 2.21. The number of nitrogen functional groups attached to an aromatic ring is 1. The van der Waals surface area contributed by atoms with E-state index in [-0.39, 0.29) is 12.0 Å². The molecule has 0 aliphatic heterocycles. The lowest BCUT2D eigenvalue weighted by Gasteiger charge is -2.09. The van der Waals surface area contributed by atoms with Crippen molar-refractivity contribution < 1.29 is 14.3 Å². The molecule has 1 aromatic rings. The van der Waals surface area contributed by atoms with Crippen molar-refractivity contribution in [3.8, 4) is 5.75 Å². The molecule has 0 saturated carbocycles. The van der Waals surface area contributed by atoms with Crippen LogP contribution in [0.1, 0.15) is 37.0 Å². The summed E-state index contributed by atoms with van der Waals surface area (Å²) in [4.78, 5) is 12.0. The van der Waals surface area contributed by atoms with Crippen molar-refractivity contribution in [3.05, 3.63) is 23.8 Å². The molecule has 112 valence electrons. The van der Waals surface area contributed by atoms with Crippen LogP contribution >= 0.6 is 0 Å². The number of hydrogen-bond acceptors (Lipinski definition) is 4. The topological polar surface area (TPSA) is 73.6 Å². The van der Waals surface area contributed by atoms with Gasteiger partial charge in [-0.3, -0.25) is 4.79 Å². The van der Waals surface area contributed by atoms with Gasteiger partial charge in [0.15, 0.2) is 0 Å². The summed E-state index contributed by atoms with van der Waals surface area (Å²) < 4.78 is 10.5. The third kappa shape index (κ3) is 5.93. The summed E-state index contributed by atoms with van der Waals surface area (Å²) in [6.07, 6.45) is 2.07. The van der Waals surface area contributed by atoms with E-state index in [2.05, 4.69) is 5.32 Å². The molecule has 0 spiro atoms. The average molecular weight is 280 g/mol. The van der Waals surface area contributed by atoms with Crippen molar-refractivity contribution in [1.29, 1.82) is 0 Å². The Hall–Kier alpha value is -1.75. The van der Waals surface area contributed by atoms with E-state index in [0.29, 0.717) is 23.5 Å². The molecule has 0 aromatic heterocycles. The second-order valence-corrected chi connectivity index (χ2v) is 4.88. The number of unbranched alkanes of at least 4 members (excludes halogenated alkanes) is 1. The van der Waals surface area contributed by atoms with Gasteiger partial charge in [0.1, 0.15) is 5.75 Å². The fraction of sp³-hybridized carbons (Fsp3) is 0.533. The molecule has 1 amide bonds. The second-order valence-electron chi connectivity index (χ2n) is 4.88. The van der Waals surface area contributed by atoms with E-state index in [0.717, 1.165) is 19.4 Å². The Morgan fingerprint density at radius 2 is 2.05 bits per heavy atom. The van der Waals surface area contributed by atoms with Gasteiger partial charge in [0.25, 0.3) is 5.91 Å². The van der Waals surface area contributed by atoms with E-state index in [4.69, 9.17) is 15.2 Å². The van der Waals surface area contributed by atoms with Crippen LogP contribution in [0.4, 0.5) is 5.69 Å². The molecule has 20 heavy (non-hydrogen) atoms. The van der Waals surface area contributed by atoms with Crippen molar-refractivity contribution in [1.82, 2.24) is 5.32 Å². The molecule has 0 aliphatic rings. The van der Waals surface area contributed by atoms with Crippen molar-refractivity contribution in [2.24, 2.45) is 0 Å². The van der Waals surface area contributed by atoms with Gasteiger partial charge in [0, 0.05) is 30.5 Å². The SMILES string of the molecule is COc1cc(N)cc(C(=O)NCCCCOC(C)C)c1. The number of carbonyl (C=O) groups excluding carboxylic acids is 1. The number of anilines is 1. The summed E-state index contributed by atoms with van der Waals surface area (Å²) in [5.74, 6) is 0.445. The molecule has 0 bridgehead atoms. The van der Waals surface area contributed by atoms with E-state index in [1.165, 1.54) is 0 Å². The molecule has 1 rings (SSSR count). The summed E-state index contributed by atoms with van der Waals surface area (Å²) in [5.41, 5.74) is 6.75. The molecule has 0 aliphatic carbocycles. The number of amides is 1. The fourth-order valence-corrected chi connectivity index (χ4v) is 1.72. The number of rotatable bonds is 8. The summed E-state index contributed by atoms with van der Waals surface area (Å²) in [6, 6.07) is 4.99.